The van der Waals surface area contributed by atoms with Gasteiger partial charge < -0.3 is 10.6 Å². The number of carbonyl (C=O) groups excluding carboxylic acids is 1. The minimum absolute atomic E-state index is 0.000842. The summed E-state index contributed by atoms with van der Waals surface area (Å²) in [5, 5.41) is 21.2. The number of nitro benzene ring substituents is 1. The number of nitro groups is 1. The lowest BCUT2D eigenvalue weighted by Gasteiger charge is -2.09. The van der Waals surface area contributed by atoms with E-state index in [2.05, 4.69) is 36.5 Å². The highest BCUT2D eigenvalue weighted by atomic mass is 16.6. The minimum Gasteiger partial charge on any atom is -0.383 e. The van der Waals surface area contributed by atoms with Crippen LogP contribution in [0.25, 0.3) is 0 Å². The van der Waals surface area contributed by atoms with Crippen LogP contribution < -0.4 is 10.6 Å². The Morgan fingerprint density at radius 1 is 1.21 bits per heavy atom. The first-order valence-corrected chi connectivity index (χ1v) is 9.55. The fraction of sp³-hybridized carbons (Fsp3) is 0.500. The number of hydrogen-bond acceptors (Lipinski definition) is 5. The molecule has 0 aliphatic rings. The number of carbonyl (C=O) groups is 1. The van der Waals surface area contributed by atoms with Gasteiger partial charge in [0.1, 0.15) is 0 Å². The van der Waals surface area contributed by atoms with E-state index in [1.807, 2.05) is 11.6 Å². The van der Waals surface area contributed by atoms with Gasteiger partial charge >= 0.3 is 0 Å². The molecule has 1 heterocycles. The summed E-state index contributed by atoms with van der Waals surface area (Å²) < 4.78 is 2.03. The Morgan fingerprint density at radius 3 is 2.50 bits per heavy atom. The Morgan fingerprint density at radius 2 is 1.89 bits per heavy atom. The Hall–Kier alpha value is -2.90. The average molecular weight is 387 g/mol. The molecule has 0 bridgehead atoms. The van der Waals surface area contributed by atoms with Crippen LogP contribution in [0.4, 0.5) is 11.4 Å². The molecular formula is C20H29N5O3. The van der Waals surface area contributed by atoms with Crippen LogP contribution in [0.3, 0.4) is 0 Å². The molecule has 0 fully saturated rings. The largest absolute Gasteiger partial charge is 0.383 e. The summed E-state index contributed by atoms with van der Waals surface area (Å²) >= 11 is 0. The molecule has 0 radical (unpaired) electrons. The van der Waals surface area contributed by atoms with Crippen LogP contribution in [-0.4, -0.2) is 33.7 Å². The summed E-state index contributed by atoms with van der Waals surface area (Å²) in [4.78, 5) is 22.3. The van der Waals surface area contributed by atoms with Crippen molar-refractivity contribution in [3.8, 4) is 0 Å². The summed E-state index contributed by atoms with van der Waals surface area (Å²) in [5.74, 6) is 0.526. The Kier molecular flexibility index (Phi) is 7.54. The molecule has 1 aromatic heterocycles. The Bertz CT molecular complexity index is 812. The van der Waals surface area contributed by atoms with Gasteiger partial charge in [-0.05, 0) is 43.9 Å². The number of amides is 1. The number of benzene rings is 1. The van der Waals surface area contributed by atoms with Crippen LogP contribution in [0.1, 0.15) is 37.2 Å². The molecule has 0 aliphatic carbocycles. The molecule has 0 spiro atoms. The quantitative estimate of drug-likeness (QED) is 0.370. The van der Waals surface area contributed by atoms with Crippen molar-refractivity contribution < 1.29 is 9.72 Å². The van der Waals surface area contributed by atoms with Crippen molar-refractivity contribution in [1.82, 2.24) is 15.1 Å². The molecule has 1 amide bonds. The lowest BCUT2D eigenvalue weighted by molar-refractivity contribution is -0.384. The summed E-state index contributed by atoms with van der Waals surface area (Å²) in [6, 6.07) is 6.21. The number of non-ortho nitro benzene ring substituents is 1. The highest BCUT2D eigenvalue weighted by Gasteiger charge is 2.13. The maximum atomic E-state index is 12.1. The third-order valence-corrected chi connectivity index (χ3v) is 4.53. The minimum atomic E-state index is -0.431. The van der Waals surface area contributed by atoms with E-state index in [1.165, 1.54) is 12.1 Å². The molecule has 2 aromatic rings. The van der Waals surface area contributed by atoms with Gasteiger partial charge in [0.15, 0.2) is 0 Å². The van der Waals surface area contributed by atoms with Crippen molar-refractivity contribution in [2.45, 2.75) is 47.1 Å². The second-order valence-electron chi connectivity index (χ2n) is 7.31. The Labute approximate surface area is 165 Å². The molecular weight excluding hydrogens is 358 g/mol. The molecule has 152 valence electrons. The van der Waals surface area contributed by atoms with Crippen LogP contribution in [0.5, 0.6) is 0 Å². The normalized spacial score (nSPS) is 10.9. The summed E-state index contributed by atoms with van der Waals surface area (Å²) in [6.45, 7) is 10.3. The lowest BCUT2D eigenvalue weighted by Crippen LogP contribution is -2.29. The molecule has 2 rings (SSSR count). The van der Waals surface area contributed by atoms with Crippen LogP contribution >= 0.6 is 0 Å². The third-order valence-electron chi connectivity index (χ3n) is 4.53. The zero-order chi connectivity index (χ0) is 20.7. The van der Waals surface area contributed by atoms with Crippen molar-refractivity contribution in [3.05, 3.63) is 51.3 Å². The molecule has 0 aliphatic heterocycles. The predicted octanol–water partition coefficient (Wildman–Crippen LogP) is 3.23. The number of aryl methyl sites for hydroxylation is 1. The third kappa shape index (κ3) is 6.07. The van der Waals surface area contributed by atoms with Crippen LogP contribution in [0.2, 0.25) is 0 Å². The van der Waals surface area contributed by atoms with E-state index in [9.17, 15) is 14.9 Å². The fourth-order valence-corrected chi connectivity index (χ4v) is 3.06. The van der Waals surface area contributed by atoms with E-state index >= 15 is 0 Å². The lowest BCUT2D eigenvalue weighted by atomic mass is 10.1. The van der Waals surface area contributed by atoms with E-state index in [1.54, 1.807) is 12.1 Å². The van der Waals surface area contributed by atoms with Gasteiger partial charge in [0.05, 0.1) is 10.6 Å². The number of nitrogens with zero attached hydrogens (tertiary/aromatic N) is 3. The molecule has 8 nitrogen and oxygen atoms in total. The highest BCUT2D eigenvalue weighted by Crippen LogP contribution is 2.17. The molecule has 0 saturated heterocycles. The molecule has 28 heavy (non-hydrogen) atoms. The molecule has 0 unspecified atom stereocenters. The van der Waals surface area contributed by atoms with Crippen molar-refractivity contribution in [2.24, 2.45) is 5.92 Å². The monoisotopic (exact) mass is 387 g/mol. The van der Waals surface area contributed by atoms with Gasteiger partial charge in [-0.15, -0.1) is 0 Å². The topological polar surface area (TPSA) is 102 Å². The van der Waals surface area contributed by atoms with Gasteiger partial charge in [-0.1, -0.05) is 13.8 Å². The van der Waals surface area contributed by atoms with Crippen molar-refractivity contribution in [3.63, 3.8) is 0 Å². The van der Waals surface area contributed by atoms with Gasteiger partial charge in [-0.25, -0.2) is 0 Å². The van der Waals surface area contributed by atoms with Crippen molar-refractivity contribution in [2.75, 3.05) is 18.4 Å². The van der Waals surface area contributed by atoms with Crippen molar-refractivity contribution >= 4 is 17.3 Å². The first-order valence-electron chi connectivity index (χ1n) is 9.55. The van der Waals surface area contributed by atoms with Crippen LogP contribution in [0, 0.1) is 29.9 Å². The van der Waals surface area contributed by atoms with Crippen LogP contribution in [-0.2, 0) is 17.8 Å². The fourth-order valence-electron chi connectivity index (χ4n) is 3.06. The second-order valence-corrected chi connectivity index (χ2v) is 7.31. The smallest absolute Gasteiger partial charge is 0.269 e. The number of anilines is 1. The van der Waals surface area contributed by atoms with Crippen LogP contribution in [0.15, 0.2) is 24.3 Å². The summed E-state index contributed by atoms with van der Waals surface area (Å²) in [7, 11) is 0. The molecule has 0 atom stereocenters. The second kappa shape index (κ2) is 9.87. The number of hydrogen-bond donors (Lipinski definition) is 2. The summed E-state index contributed by atoms with van der Waals surface area (Å²) in [5.41, 5.74) is 4.12. The molecule has 2 N–H and O–H groups in total. The maximum Gasteiger partial charge on any atom is 0.269 e. The SMILES string of the molecule is Cc1nn(CC(C)C)c(C)c1CCC(=O)NCCNc1ccc([N+](=O)[O-])cc1. The van der Waals surface area contributed by atoms with E-state index in [-0.39, 0.29) is 11.6 Å². The van der Waals surface area contributed by atoms with Crippen molar-refractivity contribution in [1.29, 1.82) is 0 Å². The zero-order valence-electron chi connectivity index (χ0n) is 17.0. The molecule has 1 aromatic carbocycles. The van der Waals surface area contributed by atoms with E-state index in [0.717, 1.165) is 29.2 Å². The average Bonchev–Trinajstić information content (AvgIpc) is 2.90. The molecule has 0 saturated carbocycles. The highest BCUT2D eigenvalue weighted by molar-refractivity contribution is 5.76. The number of nitrogens with one attached hydrogen (secondary N) is 2. The van der Waals surface area contributed by atoms with E-state index in [4.69, 9.17) is 0 Å². The Balaban J connectivity index is 1.73. The van der Waals surface area contributed by atoms with Gasteiger partial charge in [-0.3, -0.25) is 19.6 Å². The van der Waals surface area contributed by atoms with E-state index in [0.29, 0.717) is 31.8 Å². The van der Waals surface area contributed by atoms with E-state index < -0.39 is 4.92 Å². The first-order chi connectivity index (χ1) is 13.3. The zero-order valence-corrected chi connectivity index (χ0v) is 17.0. The van der Waals surface area contributed by atoms with Gasteiger partial charge in [0.2, 0.25) is 5.91 Å². The van der Waals surface area contributed by atoms with Gasteiger partial charge in [-0.2, -0.15) is 5.10 Å². The molecule has 8 heteroatoms. The standard InChI is InChI=1S/C20H29N5O3/c1-14(2)13-24-16(4)19(15(3)23-24)9-10-20(26)22-12-11-21-17-5-7-18(8-6-17)25(27)28/h5-8,14,21H,9-13H2,1-4H3,(H,22,26). The van der Waals surface area contributed by atoms with Gasteiger partial charge in [0, 0.05) is 49.6 Å². The first kappa shape index (κ1) is 21.4. The number of rotatable bonds is 10. The summed E-state index contributed by atoms with van der Waals surface area (Å²) in [6.07, 6.45) is 1.10. The maximum absolute atomic E-state index is 12.1. The van der Waals surface area contributed by atoms with Gasteiger partial charge in [0.25, 0.3) is 5.69 Å². The predicted molar refractivity (Wildman–Crippen MR) is 109 cm³/mol. The number of aromatic nitrogens is 2.